The topological polar surface area (TPSA) is 83.2 Å². The van der Waals surface area contributed by atoms with E-state index in [0.29, 0.717) is 5.56 Å². The number of benzene rings is 2. The zero-order valence-corrected chi connectivity index (χ0v) is 14.2. The second-order valence-corrected chi connectivity index (χ2v) is 5.95. The Hall–Kier alpha value is -3.72. The van der Waals surface area contributed by atoms with Crippen molar-refractivity contribution in [3.05, 3.63) is 78.6 Å². The highest BCUT2D eigenvalue weighted by molar-refractivity contribution is 5.79. The van der Waals surface area contributed by atoms with E-state index in [1.54, 1.807) is 6.07 Å². The van der Waals surface area contributed by atoms with Gasteiger partial charge in [0, 0.05) is 11.1 Å². The predicted molar refractivity (Wildman–Crippen MR) is 98.0 cm³/mol. The molecule has 4 aromatic rings. The maximum atomic E-state index is 9.28. The molecule has 0 aliphatic carbocycles. The van der Waals surface area contributed by atoms with Crippen molar-refractivity contribution in [2.24, 2.45) is 0 Å². The quantitative estimate of drug-likeness (QED) is 0.612. The maximum absolute atomic E-state index is 9.28. The lowest BCUT2D eigenvalue weighted by Crippen LogP contribution is -2.09. The van der Waals surface area contributed by atoms with Gasteiger partial charge in [-0.25, -0.2) is 9.97 Å². The van der Waals surface area contributed by atoms with Gasteiger partial charge in [-0.3, -0.25) is 5.10 Å². The molecule has 4 rings (SSSR count). The lowest BCUT2D eigenvalue weighted by atomic mass is 10.0. The summed E-state index contributed by atoms with van der Waals surface area (Å²) in [6, 6.07) is 19.7. The Labute approximate surface area is 150 Å². The number of aromatic nitrogens is 5. The molecule has 0 spiro atoms. The molecule has 0 amide bonds. The first-order valence-corrected chi connectivity index (χ1v) is 8.26. The van der Waals surface area contributed by atoms with Gasteiger partial charge in [-0.15, -0.1) is 0 Å². The summed E-state index contributed by atoms with van der Waals surface area (Å²) in [6.45, 7) is 2.04. The van der Waals surface area contributed by atoms with Crippen LogP contribution >= 0.6 is 0 Å². The molecule has 2 heterocycles. The molecule has 26 heavy (non-hydrogen) atoms. The number of H-pyrrole nitrogens is 1. The molecule has 2 aromatic carbocycles. The van der Waals surface area contributed by atoms with Gasteiger partial charge in [0.05, 0.1) is 35.4 Å². The summed E-state index contributed by atoms with van der Waals surface area (Å²) in [5.74, 6) is 0.750. The third kappa shape index (κ3) is 2.76. The van der Waals surface area contributed by atoms with Crippen LogP contribution in [0.15, 0.2) is 67.3 Å². The van der Waals surface area contributed by atoms with Gasteiger partial charge in [-0.2, -0.15) is 10.4 Å². The molecule has 0 saturated carbocycles. The Morgan fingerprint density at radius 1 is 1.04 bits per heavy atom. The summed E-state index contributed by atoms with van der Waals surface area (Å²) < 4.78 is 2.05. The summed E-state index contributed by atoms with van der Waals surface area (Å²) in [5.41, 5.74) is 4.38. The molecule has 0 aliphatic heterocycles. The SMILES string of the molecule is CC(c1ncn[nH]1)n1cnc(-c2ccccc2)c1-c1cccc(C#N)c1. The van der Waals surface area contributed by atoms with Crippen molar-refractivity contribution < 1.29 is 0 Å². The first-order valence-electron chi connectivity index (χ1n) is 8.26. The van der Waals surface area contributed by atoms with Gasteiger partial charge < -0.3 is 4.57 Å². The highest BCUT2D eigenvalue weighted by Crippen LogP contribution is 2.34. The molecular formula is C20H16N6. The van der Waals surface area contributed by atoms with Crippen molar-refractivity contribution in [3.63, 3.8) is 0 Å². The first kappa shape index (κ1) is 15.8. The minimum absolute atomic E-state index is 0.0804. The molecule has 0 bridgehead atoms. The molecule has 6 nitrogen and oxygen atoms in total. The van der Waals surface area contributed by atoms with Gasteiger partial charge >= 0.3 is 0 Å². The number of imidazole rings is 1. The summed E-state index contributed by atoms with van der Waals surface area (Å²) in [4.78, 5) is 8.94. The normalized spacial score (nSPS) is 11.8. The van der Waals surface area contributed by atoms with Crippen molar-refractivity contribution in [1.29, 1.82) is 5.26 Å². The molecular weight excluding hydrogens is 324 g/mol. The molecule has 1 N–H and O–H groups in total. The third-order valence-electron chi connectivity index (χ3n) is 4.35. The molecule has 0 fully saturated rings. The lowest BCUT2D eigenvalue weighted by molar-refractivity contribution is 0.607. The number of hydrogen-bond donors (Lipinski definition) is 1. The highest BCUT2D eigenvalue weighted by atomic mass is 15.2. The fourth-order valence-electron chi connectivity index (χ4n) is 3.03. The van der Waals surface area contributed by atoms with E-state index in [4.69, 9.17) is 0 Å². The summed E-state index contributed by atoms with van der Waals surface area (Å²) in [6.07, 6.45) is 3.31. The van der Waals surface area contributed by atoms with Crippen LogP contribution in [0.4, 0.5) is 0 Å². The van der Waals surface area contributed by atoms with Crippen LogP contribution in [-0.2, 0) is 0 Å². The fourth-order valence-corrected chi connectivity index (χ4v) is 3.03. The van der Waals surface area contributed by atoms with Gasteiger partial charge in [0.15, 0.2) is 0 Å². The van der Waals surface area contributed by atoms with Crippen LogP contribution in [0.5, 0.6) is 0 Å². The Morgan fingerprint density at radius 3 is 2.58 bits per heavy atom. The number of hydrogen-bond acceptors (Lipinski definition) is 4. The zero-order chi connectivity index (χ0) is 17.9. The van der Waals surface area contributed by atoms with E-state index in [1.807, 2.05) is 61.8 Å². The summed E-state index contributed by atoms with van der Waals surface area (Å²) in [5, 5.41) is 16.2. The van der Waals surface area contributed by atoms with E-state index in [2.05, 4.69) is 30.8 Å². The largest absolute Gasteiger partial charge is 0.319 e. The molecule has 0 aliphatic rings. The van der Waals surface area contributed by atoms with Crippen LogP contribution < -0.4 is 0 Å². The van der Waals surface area contributed by atoms with E-state index in [0.717, 1.165) is 28.3 Å². The van der Waals surface area contributed by atoms with Gasteiger partial charge in [-0.1, -0.05) is 42.5 Å². The Kier molecular flexibility index (Phi) is 4.04. The molecule has 1 atom stereocenters. The predicted octanol–water partition coefficient (Wildman–Crippen LogP) is 3.82. The van der Waals surface area contributed by atoms with Gasteiger partial charge in [0.2, 0.25) is 0 Å². The molecule has 0 radical (unpaired) electrons. The van der Waals surface area contributed by atoms with Crippen LogP contribution in [0.3, 0.4) is 0 Å². The Bertz CT molecular complexity index is 1060. The molecule has 1 unspecified atom stereocenters. The standard InChI is InChI=1S/C20H16N6/c1-14(20-22-12-24-25-20)26-13-23-18(16-7-3-2-4-8-16)19(26)17-9-5-6-15(10-17)11-21/h2-10,12-14H,1H3,(H,22,24,25). The van der Waals surface area contributed by atoms with Crippen molar-refractivity contribution in [2.75, 3.05) is 0 Å². The van der Waals surface area contributed by atoms with E-state index < -0.39 is 0 Å². The van der Waals surface area contributed by atoms with Gasteiger partial charge in [0.1, 0.15) is 12.2 Å². The average Bonchev–Trinajstić information content (AvgIpc) is 3.38. The highest BCUT2D eigenvalue weighted by Gasteiger charge is 2.20. The van der Waals surface area contributed by atoms with E-state index >= 15 is 0 Å². The second kappa shape index (κ2) is 6.65. The number of nitrogens with one attached hydrogen (secondary N) is 1. The van der Waals surface area contributed by atoms with Crippen molar-refractivity contribution in [1.82, 2.24) is 24.7 Å². The molecule has 0 saturated heterocycles. The number of nitrogens with zero attached hydrogens (tertiary/aromatic N) is 5. The monoisotopic (exact) mass is 340 g/mol. The lowest BCUT2D eigenvalue weighted by Gasteiger charge is -2.16. The molecule has 2 aromatic heterocycles. The third-order valence-corrected chi connectivity index (χ3v) is 4.35. The van der Waals surface area contributed by atoms with Crippen molar-refractivity contribution in [2.45, 2.75) is 13.0 Å². The van der Waals surface area contributed by atoms with Crippen molar-refractivity contribution >= 4 is 0 Å². The Morgan fingerprint density at radius 2 is 1.85 bits per heavy atom. The van der Waals surface area contributed by atoms with Crippen LogP contribution in [0.2, 0.25) is 0 Å². The first-order chi connectivity index (χ1) is 12.8. The van der Waals surface area contributed by atoms with Crippen molar-refractivity contribution in [3.8, 4) is 28.6 Å². The van der Waals surface area contributed by atoms with Crippen LogP contribution in [0, 0.1) is 11.3 Å². The van der Waals surface area contributed by atoms with Gasteiger partial charge in [0.25, 0.3) is 0 Å². The summed E-state index contributed by atoms with van der Waals surface area (Å²) >= 11 is 0. The summed E-state index contributed by atoms with van der Waals surface area (Å²) in [7, 11) is 0. The second-order valence-electron chi connectivity index (χ2n) is 5.95. The van der Waals surface area contributed by atoms with Crippen LogP contribution in [-0.4, -0.2) is 24.7 Å². The zero-order valence-electron chi connectivity index (χ0n) is 14.2. The smallest absolute Gasteiger partial charge is 0.147 e. The minimum Gasteiger partial charge on any atom is -0.319 e. The van der Waals surface area contributed by atoms with Gasteiger partial charge in [-0.05, 0) is 19.1 Å². The molecule has 126 valence electrons. The fraction of sp³-hybridized carbons (Fsp3) is 0.100. The van der Waals surface area contributed by atoms with E-state index in [9.17, 15) is 5.26 Å². The minimum atomic E-state index is -0.0804. The van der Waals surface area contributed by atoms with Crippen LogP contribution in [0.25, 0.3) is 22.5 Å². The maximum Gasteiger partial charge on any atom is 0.147 e. The molecule has 6 heteroatoms. The number of rotatable bonds is 4. The van der Waals surface area contributed by atoms with E-state index in [-0.39, 0.29) is 6.04 Å². The average molecular weight is 340 g/mol. The van der Waals surface area contributed by atoms with E-state index in [1.165, 1.54) is 6.33 Å². The number of nitriles is 1. The Balaban J connectivity index is 1.93. The number of aromatic amines is 1. The van der Waals surface area contributed by atoms with Crippen LogP contribution in [0.1, 0.15) is 24.4 Å².